The third kappa shape index (κ3) is 1.98. The second kappa shape index (κ2) is 5.26. The van der Waals surface area contributed by atoms with E-state index >= 15 is 0 Å². The van der Waals surface area contributed by atoms with Crippen LogP contribution in [0.1, 0.15) is 11.8 Å². The van der Waals surface area contributed by atoms with Crippen molar-refractivity contribution < 1.29 is 20.1 Å². The van der Waals surface area contributed by atoms with Crippen molar-refractivity contribution in [3.05, 3.63) is 12.0 Å². The Balaban J connectivity index is 2.03. The van der Waals surface area contributed by atoms with E-state index in [2.05, 4.69) is 20.2 Å². The van der Waals surface area contributed by atoms with Crippen molar-refractivity contribution >= 4 is 22.8 Å². The minimum Gasteiger partial charge on any atom is -0.394 e. The van der Waals surface area contributed by atoms with Gasteiger partial charge in [0.05, 0.1) is 12.3 Å². The van der Waals surface area contributed by atoms with Crippen LogP contribution in [0.5, 0.6) is 0 Å². The molecule has 3 heterocycles. The molecule has 0 bridgehead atoms. The molecule has 1 saturated heterocycles. The second-order valence-electron chi connectivity index (χ2n) is 4.48. The highest BCUT2D eigenvalue weighted by Gasteiger charge is 2.44. The first kappa shape index (κ1) is 13.7. The number of aromatic nitrogens is 4. The molecule has 2 aromatic heterocycles. The first-order valence-corrected chi connectivity index (χ1v) is 7.25. The van der Waals surface area contributed by atoms with E-state index in [0.29, 0.717) is 21.8 Å². The molecule has 1 aliphatic heterocycles. The van der Waals surface area contributed by atoms with Crippen LogP contribution in [0.25, 0.3) is 11.0 Å². The quantitative estimate of drug-likeness (QED) is 0.430. The summed E-state index contributed by atoms with van der Waals surface area (Å²) in [5.74, 6) is 0. The molecule has 0 amide bonds. The molecule has 4 atom stereocenters. The van der Waals surface area contributed by atoms with Crippen LogP contribution in [0.2, 0.25) is 0 Å². The molecule has 8 nitrogen and oxygen atoms in total. The van der Waals surface area contributed by atoms with Gasteiger partial charge in [-0.15, -0.1) is 11.8 Å². The Hall–Kier alpha value is -1.26. The number of H-pyrrole nitrogens is 1. The van der Waals surface area contributed by atoms with E-state index < -0.39 is 24.4 Å². The molecule has 4 N–H and O–H groups in total. The van der Waals surface area contributed by atoms with E-state index in [9.17, 15) is 10.2 Å². The first-order chi connectivity index (χ1) is 9.67. The maximum absolute atomic E-state index is 10.0. The maximum atomic E-state index is 10.0. The summed E-state index contributed by atoms with van der Waals surface area (Å²) in [6.45, 7) is -0.369. The number of aliphatic hydroxyl groups is 3. The summed E-state index contributed by atoms with van der Waals surface area (Å²) in [7, 11) is 0. The number of fused-ring (bicyclic) bond motifs is 1. The van der Waals surface area contributed by atoms with Crippen LogP contribution in [0.3, 0.4) is 0 Å². The number of nitrogens with one attached hydrogen (secondary N) is 1. The van der Waals surface area contributed by atoms with Gasteiger partial charge >= 0.3 is 0 Å². The SMILES string of the molecule is CSc1ncnc2c([C@@H]3O[C@H](CO)[C@@H](O)C3O)[nH]nc12. The highest BCUT2D eigenvalue weighted by Crippen LogP contribution is 2.36. The van der Waals surface area contributed by atoms with Crippen molar-refractivity contribution in [2.45, 2.75) is 29.4 Å². The molecule has 3 rings (SSSR count). The molecule has 108 valence electrons. The molecule has 20 heavy (non-hydrogen) atoms. The fourth-order valence-corrected chi connectivity index (χ4v) is 2.80. The molecule has 0 saturated carbocycles. The lowest BCUT2D eigenvalue weighted by molar-refractivity contribution is -0.0236. The summed E-state index contributed by atoms with van der Waals surface area (Å²) in [6.07, 6.45) is -0.641. The van der Waals surface area contributed by atoms with E-state index in [0.717, 1.165) is 0 Å². The molecule has 1 aliphatic rings. The molecule has 0 aromatic carbocycles. The van der Waals surface area contributed by atoms with E-state index in [1.54, 1.807) is 0 Å². The molecule has 1 unspecified atom stereocenters. The monoisotopic (exact) mass is 298 g/mol. The normalized spacial score (nSPS) is 30.2. The molecule has 0 aliphatic carbocycles. The number of aliphatic hydroxyl groups excluding tert-OH is 3. The molecule has 9 heteroatoms. The van der Waals surface area contributed by atoms with Gasteiger partial charge in [-0.25, -0.2) is 9.97 Å². The van der Waals surface area contributed by atoms with E-state index in [1.807, 2.05) is 6.26 Å². The van der Waals surface area contributed by atoms with Gasteiger partial charge in [0.15, 0.2) is 0 Å². The van der Waals surface area contributed by atoms with E-state index in [1.165, 1.54) is 18.1 Å². The van der Waals surface area contributed by atoms with Crippen LogP contribution >= 0.6 is 11.8 Å². The van der Waals surface area contributed by atoms with Gasteiger partial charge in [-0.1, -0.05) is 0 Å². The number of ether oxygens (including phenoxy) is 1. The van der Waals surface area contributed by atoms with E-state index in [-0.39, 0.29) is 6.61 Å². The number of rotatable bonds is 3. The van der Waals surface area contributed by atoms with Gasteiger partial charge in [0, 0.05) is 0 Å². The Morgan fingerprint density at radius 3 is 2.75 bits per heavy atom. The third-order valence-corrected chi connectivity index (χ3v) is 4.04. The predicted molar refractivity (Wildman–Crippen MR) is 70.2 cm³/mol. The standard InChI is InChI=1S/C11H14N4O4S/c1-20-11-7-5(12-3-13-11)6(14-15-7)10-9(18)8(17)4(2-16)19-10/h3-4,8-10,16-18H,2H2,1H3,(H,14,15)/t4-,8-,9?,10+/m1/s1. The van der Waals surface area contributed by atoms with Crippen molar-refractivity contribution in [3.8, 4) is 0 Å². The highest BCUT2D eigenvalue weighted by molar-refractivity contribution is 7.98. The smallest absolute Gasteiger partial charge is 0.143 e. The fraction of sp³-hybridized carbons (Fsp3) is 0.545. The first-order valence-electron chi connectivity index (χ1n) is 6.02. The summed E-state index contributed by atoms with van der Waals surface area (Å²) in [6, 6.07) is 0. The van der Waals surface area contributed by atoms with Crippen molar-refractivity contribution in [2.75, 3.05) is 12.9 Å². The topological polar surface area (TPSA) is 124 Å². The van der Waals surface area contributed by atoms with Crippen molar-refractivity contribution in [1.82, 2.24) is 20.2 Å². The Labute approximate surface area is 118 Å². The zero-order valence-corrected chi connectivity index (χ0v) is 11.4. The van der Waals surface area contributed by atoms with Crippen molar-refractivity contribution in [2.24, 2.45) is 0 Å². The van der Waals surface area contributed by atoms with Crippen LogP contribution in [-0.2, 0) is 4.74 Å². The Morgan fingerprint density at radius 1 is 1.30 bits per heavy atom. The Bertz CT molecular complexity index is 621. The average molecular weight is 298 g/mol. The molecular formula is C11H14N4O4S. The second-order valence-corrected chi connectivity index (χ2v) is 5.27. The maximum Gasteiger partial charge on any atom is 0.143 e. The van der Waals surface area contributed by atoms with Gasteiger partial charge in [-0.05, 0) is 6.26 Å². The predicted octanol–water partition coefficient (Wildman–Crippen LogP) is -0.771. The van der Waals surface area contributed by atoms with Crippen LogP contribution in [0.4, 0.5) is 0 Å². The lowest BCUT2D eigenvalue weighted by Crippen LogP contribution is -2.32. The number of hydrogen-bond acceptors (Lipinski definition) is 8. The molecule has 2 aromatic rings. The Morgan fingerprint density at radius 2 is 2.10 bits per heavy atom. The van der Waals surface area contributed by atoms with Gasteiger partial charge in [-0.2, -0.15) is 5.10 Å². The largest absolute Gasteiger partial charge is 0.394 e. The van der Waals surface area contributed by atoms with Gasteiger partial charge in [0.1, 0.15) is 46.8 Å². The summed E-state index contributed by atoms with van der Waals surface area (Å²) < 4.78 is 5.47. The van der Waals surface area contributed by atoms with Gasteiger partial charge in [-0.3, -0.25) is 5.10 Å². The number of thioether (sulfide) groups is 1. The van der Waals surface area contributed by atoms with Crippen LogP contribution in [0.15, 0.2) is 11.4 Å². The lowest BCUT2D eigenvalue weighted by atomic mass is 10.1. The van der Waals surface area contributed by atoms with Crippen molar-refractivity contribution in [1.29, 1.82) is 0 Å². The number of hydrogen-bond donors (Lipinski definition) is 4. The third-order valence-electron chi connectivity index (χ3n) is 3.35. The average Bonchev–Trinajstić information content (AvgIpc) is 3.01. The van der Waals surface area contributed by atoms with Crippen LogP contribution in [-0.4, -0.2) is 66.7 Å². The van der Waals surface area contributed by atoms with E-state index in [4.69, 9.17) is 9.84 Å². The van der Waals surface area contributed by atoms with Crippen LogP contribution < -0.4 is 0 Å². The summed E-state index contributed by atoms with van der Waals surface area (Å²) in [4.78, 5) is 8.26. The van der Waals surface area contributed by atoms with Gasteiger partial charge < -0.3 is 20.1 Å². The Kier molecular flexibility index (Phi) is 3.61. The lowest BCUT2D eigenvalue weighted by Gasteiger charge is -2.12. The minimum absolute atomic E-state index is 0.369. The number of aromatic amines is 1. The molecular weight excluding hydrogens is 284 g/mol. The highest BCUT2D eigenvalue weighted by atomic mass is 32.2. The van der Waals surface area contributed by atoms with Crippen molar-refractivity contribution in [3.63, 3.8) is 0 Å². The molecule has 0 spiro atoms. The zero-order chi connectivity index (χ0) is 14.3. The summed E-state index contributed by atoms with van der Waals surface area (Å²) >= 11 is 1.43. The van der Waals surface area contributed by atoms with Gasteiger partial charge in [0.2, 0.25) is 0 Å². The van der Waals surface area contributed by atoms with Gasteiger partial charge in [0.25, 0.3) is 0 Å². The molecule has 0 radical (unpaired) electrons. The molecule has 1 fully saturated rings. The summed E-state index contributed by atoms with van der Waals surface area (Å²) in [5, 5.41) is 36.6. The summed E-state index contributed by atoms with van der Waals surface area (Å²) in [5.41, 5.74) is 1.60. The fourth-order valence-electron chi connectivity index (χ4n) is 2.32. The number of nitrogens with zero attached hydrogens (tertiary/aromatic N) is 3. The van der Waals surface area contributed by atoms with Crippen LogP contribution in [0, 0.1) is 0 Å². The zero-order valence-electron chi connectivity index (χ0n) is 10.6. The minimum atomic E-state index is -1.15.